The number of rotatable bonds is 3. The quantitative estimate of drug-likeness (QED) is 0.826. The second-order valence-corrected chi connectivity index (χ2v) is 6.35. The Bertz CT molecular complexity index is 746. The third kappa shape index (κ3) is 3.98. The first-order valence-electron chi connectivity index (χ1n) is 8.47. The fraction of sp³-hybridized carbons (Fsp3) is 0.350. The van der Waals surface area contributed by atoms with Gasteiger partial charge >= 0.3 is 0 Å². The highest BCUT2D eigenvalue weighted by atomic mass is 19.2. The van der Waals surface area contributed by atoms with E-state index >= 15 is 0 Å². The Labute approximate surface area is 146 Å². The highest BCUT2D eigenvalue weighted by molar-refractivity contribution is 5.94. The number of likely N-dealkylation sites (tertiary alicyclic amines) is 1. The fourth-order valence-electron chi connectivity index (χ4n) is 3.29. The molecule has 1 fully saturated rings. The highest BCUT2D eigenvalue weighted by Gasteiger charge is 2.24. The number of ether oxygens (including phenoxy) is 1. The number of carbonyl (C=O) groups is 1. The molecule has 0 radical (unpaired) electrons. The SMILES string of the molecule is COc1ccc(C2CCCCN(C(=O)c3ccc(F)c(F)c3)C2)cc1. The topological polar surface area (TPSA) is 29.5 Å². The van der Waals surface area contributed by atoms with Crippen molar-refractivity contribution in [3.8, 4) is 5.75 Å². The van der Waals surface area contributed by atoms with Gasteiger partial charge in [0, 0.05) is 24.6 Å². The number of methoxy groups -OCH3 is 1. The number of benzene rings is 2. The largest absolute Gasteiger partial charge is 0.497 e. The first-order valence-corrected chi connectivity index (χ1v) is 8.47. The van der Waals surface area contributed by atoms with E-state index in [4.69, 9.17) is 4.74 Å². The van der Waals surface area contributed by atoms with Crippen LogP contribution in [0.1, 0.15) is 41.1 Å². The molecular weight excluding hydrogens is 324 g/mol. The van der Waals surface area contributed by atoms with Crippen LogP contribution in [-0.4, -0.2) is 31.0 Å². The summed E-state index contributed by atoms with van der Waals surface area (Å²) in [6.45, 7) is 1.20. The van der Waals surface area contributed by atoms with E-state index < -0.39 is 11.6 Å². The third-order valence-corrected chi connectivity index (χ3v) is 4.71. The van der Waals surface area contributed by atoms with Crippen molar-refractivity contribution in [3.63, 3.8) is 0 Å². The van der Waals surface area contributed by atoms with Crippen LogP contribution in [-0.2, 0) is 0 Å². The molecule has 3 nitrogen and oxygen atoms in total. The lowest BCUT2D eigenvalue weighted by Gasteiger charge is -2.25. The number of nitrogens with zero attached hydrogens (tertiary/aromatic N) is 1. The molecule has 132 valence electrons. The van der Waals surface area contributed by atoms with E-state index in [1.165, 1.54) is 6.07 Å². The molecule has 0 spiro atoms. The Morgan fingerprint density at radius 1 is 1.08 bits per heavy atom. The van der Waals surface area contributed by atoms with Crippen LogP contribution < -0.4 is 4.74 Å². The van der Waals surface area contributed by atoms with Crippen LogP contribution in [0.25, 0.3) is 0 Å². The van der Waals surface area contributed by atoms with Gasteiger partial charge in [0.05, 0.1) is 7.11 Å². The molecule has 1 aliphatic rings. The molecule has 25 heavy (non-hydrogen) atoms. The Morgan fingerprint density at radius 2 is 1.84 bits per heavy atom. The smallest absolute Gasteiger partial charge is 0.253 e. The number of halogens is 2. The summed E-state index contributed by atoms with van der Waals surface area (Å²) in [7, 11) is 1.63. The molecule has 1 heterocycles. The van der Waals surface area contributed by atoms with Gasteiger partial charge in [-0.1, -0.05) is 18.6 Å². The van der Waals surface area contributed by atoms with Crippen molar-refractivity contribution in [3.05, 3.63) is 65.2 Å². The Hall–Kier alpha value is -2.43. The molecule has 2 aromatic rings. The molecule has 1 unspecified atom stereocenters. The van der Waals surface area contributed by atoms with Crippen molar-refractivity contribution >= 4 is 5.91 Å². The monoisotopic (exact) mass is 345 g/mol. The van der Waals surface area contributed by atoms with Gasteiger partial charge in [0.15, 0.2) is 11.6 Å². The lowest BCUT2D eigenvalue weighted by Crippen LogP contribution is -2.34. The molecule has 1 aliphatic heterocycles. The molecule has 0 saturated carbocycles. The molecule has 0 aliphatic carbocycles. The molecule has 1 saturated heterocycles. The van der Waals surface area contributed by atoms with Gasteiger partial charge in [-0.05, 0) is 48.7 Å². The number of hydrogen-bond acceptors (Lipinski definition) is 2. The Kier molecular flexibility index (Phi) is 5.31. The molecule has 0 N–H and O–H groups in total. The van der Waals surface area contributed by atoms with Crippen molar-refractivity contribution in [2.24, 2.45) is 0 Å². The second-order valence-electron chi connectivity index (χ2n) is 6.35. The minimum atomic E-state index is -0.993. The van der Waals surface area contributed by atoms with Crippen molar-refractivity contribution in [1.82, 2.24) is 4.90 Å². The zero-order valence-electron chi connectivity index (χ0n) is 14.2. The van der Waals surface area contributed by atoms with Gasteiger partial charge in [-0.25, -0.2) is 8.78 Å². The van der Waals surface area contributed by atoms with E-state index in [-0.39, 0.29) is 17.4 Å². The summed E-state index contributed by atoms with van der Waals surface area (Å²) in [4.78, 5) is 14.5. The van der Waals surface area contributed by atoms with Crippen LogP contribution in [0.2, 0.25) is 0 Å². The third-order valence-electron chi connectivity index (χ3n) is 4.71. The number of carbonyl (C=O) groups excluding carboxylic acids is 1. The number of amides is 1. The normalized spacial score (nSPS) is 17.9. The summed E-state index contributed by atoms with van der Waals surface area (Å²) in [5, 5.41) is 0. The summed E-state index contributed by atoms with van der Waals surface area (Å²) in [5.41, 5.74) is 1.35. The van der Waals surface area contributed by atoms with Gasteiger partial charge in [0.25, 0.3) is 5.91 Å². The Morgan fingerprint density at radius 3 is 2.52 bits per heavy atom. The molecule has 3 rings (SSSR count). The van der Waals surface area contributed by atoms with Crippen molar-refractivity contribution in [1.29, 1.82) is 0 Å². The van der Waals surface area contributed by atoms with Gasteiger partial charge in [-0.3, -0.25) is 4.79 Å². The van der Waals surface area contributed by atoms with Gasteiger partial charge in [0.2, 0.25) is 0 Å². The molecule has 0 bridgehead atoms. The summed E-state index contributed by atoms with van der Waals surface area (Å²) in [6.07, 6.45) is 2.92. The van der Waals surface area contributed by atoms with Crippen LogP contribution in [0, 0.1) is 11.6 Å². The van der Waals surface area contributed by atoms with Crippen LogP contribution in [0.4, 0.5) is 8.78 Å². The van der Waals surface area contributed by atoms with Crippen LogP contribution in [0.3, 0.4) is 0 Å². The predicted molar refractivity (Wildman–Crippen MR) is 91.8 cm³/mol. The maximum Gasteiger partial charge on any atom is 0.253 e. The zero-order valence-corrected chi connectivity index (χ0v) is 14.2. The highest BCUT2D eigenvalue weighted by Crippen LogP contribution is 2.28. The van der Waals surface area contributed by atoms with Gasteiger partial charge in [0.1, 0.15) is 5.75 Å². The van der Waals surface area contributed by atoms with E-state index in [0.717, 1.165) is 42.7 Å². The zero-order chi connectivity index (χ0) is 17.8. The van der Waals surface area contributed by atoms with E-state index in [0.29, 0.717) is 13.1 Å². The molecule has 2 aromatic carbocycles. The summed E-state index contributed by atoms with van der Waals surface area (Å²) in [5.74, 6) is -1.16. The van der Waals surface area contributed by atoms with Gasteiger partial charge in [-0.2, -0.15) is 0 Å². The van der Waals surface area contributed by atoms with E-state index in [1.54, 1.807) is 12.0 Å². The van der Waals surface area contributed by atoms with E-state index in [2.05, 4.69) is 0 Å². The lowest BCUT2D eigenvalue weighted by molar-refractivity contribution is 0.0754. The predicted octanol–water partition coefficient (Wildman–Crippen LogP) is 4.38. The first kappa shape index (κ1) is 17.4. The first-order chi connectivity index (χ1) is 12.1. The van der Waals surface area contributed by atoms with Gasteiger partial charge in [-0.15, -0.1) is 0 Å². The fourth-order valence-corrected chi connectivity index (χ4v) is 3.29. The Balaban J connectivity index is 1.78. The summed E-state index contributed by atoms with van der Waals surface area (Å²) < 4.78 is 31.7. The number of hydrogen-bond donors (Lipinski definition) is 0. The standard InChI is InChI=1S/C20H21F2NO2/c1-25-17-8-5-14(6-9-17)16-4-2-3-11-23(13-16)20(24)15-7-10-18(21)19(22)12-15/h5-10,12,16H,2-4,11,13H2,1H3. The summed E-state index contributed by atoms with van der Waals surface area (Å²) >= 11 is 0. The van der Waals surface area contributed by atoms with Gasteiger partial charge < -0.3 is 9.64 Å². The van der Waals surface area contributed by atoms with E-state index in [1.807, 2.05) is 24.3 Å². The average Bonchev–Trinajstić information content (AvgIpc) is 2.90. The molecule has 5 heteroatoms. The van der Waals surface area contributed by atoms with Crippen LogP contribution in [0.5, 0.6) is 5.75 Å². The maximum atomic E-state index is 13.4. The lowest BCUT2D eigenvalue weighted by atomic mass is 9.94. The molecule has 1 atom stereocenters. The maximum absolute atomic E-state index is 13.4. The molecule has 0 aromatic heterocycles. The average molecular weight is 345 g/mol. The molecule has 1 amide bonds. The van der Waals surface area contributed by atoms with Crippen LogP contribution in [0.15, 0.2) is 42.5 Å². The molecular formula is C20H21F2NO2. The minimum absolute atomic E-state index is 0.189. The van der Waals surface area contributed by atoms with Crippen molar-refractivity contribution < 1.29 is 18.3 Å². The van der Waals surface area contributed by atoms with Crippen LogP contribution >= 0.6 is 0 Å². The van der Waals surface area contributed by atoms with Crippen molar-refractivity contribution in [2.45, 2.75) is 25.2 Å². The van der Waals surface area contributed by atoms with Crippen molar-refractivity contribution in [2.75, 3.05) is 20.2 Å². The minimum Gasteiger partial charge on any atom is -0.497 e. The summed E-state index contributed by atoms with van der Waals surface area (Å²) in [6, 6.07) is 11.2. The second kappa shape index (κ2) is 7.64. The van der Waals surface area contributed by atoms with E-state index in [9.17, 15) is 13.6 Å².